The van der Waals surface area contributed by atoms with E-state index in [9.17, 15) is 13.2 Å². The summed E-state index contributed by atoms with van der Waals surface area (Å²) in [6, 6.07) is 15.5. The van der Waals surface area contributed by atoms with Crippen LogP contribution in [0.5, 0.6) is 0 Å². The molecular formula is C22H27N3O4S. The summed E-state index contributed by atoms with van der Waals surface area (Å²) < 4.78 is 32.2. The molecule has 0 radical (unpaired) electrons. The molecule has 1 unspecified atom stereocenters. The first-order valence-corrected chi connectivity index (χ1v) is 11.4. The Morgan fingerprint density at radius 2 is 1.73 bits per heavy atom. The Kier molecular flexibility index (Phi) is 6.79. The van der Waals surface area contributed by atoms with Crippen molar-refractivity contribution in [2.45, 2.75) is 38.3 Å². The monoisotopic (exact) mass is 429 g/mol. The zero-order chi connectivity index (χ0) is 21.7. The topological polar surface area (TPSA) is 91.7 Å². The molecule has 3 aromatic rings. The van der Waals surface area contributed by atoms with Gasteiger partial charge in [-0.25, -0.2) is 13.2 Å². The summed E-state index contributed by atoms with van der Waals surface area (Å²) in [5, 5.41) is 6.62. The molecule has 7 nitrogen and oxygen atoms in total. The summed E-state index contributed by atoms with van der Waals surface area (Å²) in [5.41, 5.74) is 1.58. The minimum absolute atomic E-state index is 0.248. The Morgan fingerprint density at radius 1 is 1.07 bits per heavy atom. The van der Waals surface area contributed by atoms with Crippen molar-refractivity contribution in [2.24, 2.45) is 0 Å². The van der Waals surface area contributed by atoms with E-state index < -0.39 is 10.0 Å². The average Bonchev–Trinajstić information content (AvgIpc) is 3.18. The highest BCUT2D eigenvalue weighted by Gasteiger charge is 2.21. The summed E-state index contributed by atoms with van der Waals surface area (Å²) in [6.07, 6.45) is 0. The first-order chi connectivity index (χ1) is 14.3. The first kappa shape index (κ1) is 21.9. The number of para-hydroxylation sites is 1. The highest BCUT2D eigenvalue weighted by molar-refractivity contribution is 7.89. The van der Waals surface area contributed by atoms with Gasteiger partial charge in [0.05, 0.1) is 10.9 Å². The molecular weight excluding hydrogens is 402 g/mol. The third-order valence-corrected chi connectivity index (χ3v) is 7.00. The molecule has 0 fully saturated rings. The maximum absolute atomic E-state index is 12.5. The van der Waals surface area contributed by atoms with E-state index in [2.05, 4.69) is 10.6 Å². The molecule has 0 aliphatic rings. The minimum Gasteiger partial charge on any atom is -0.459 e. The third-order valence-electron chi connectivity index (χ3n) is 4.94. The van der Waals surface area contributed by atoms with Crippen LogP contribution in [0.1, 0.15) is 38.1 Å². The molecule has 1 aromatic heterocycles. The van der Waals surface area contributed by atoms with Crippen LogP contribution in [0.15, 0.2) is 63.9 Å². The van der Waals surface area contributed by atoms with Gasteiger partial charge >= 0.3 is 6.03 Å². The lowest BCUT2D eigenvalue weighted by molar-refractivity contribution is 0.236. The lowest BCUT2D eigenvalue weighted by Crippen LogP contribution is -2.36. The van der Waals surface area contributed by atoms with Crippen molar-refractivity contribution in [3.05, 3.63) is 65.9 Å². The largest absolute Gasteiger partial charge is 0.459 e. The van der Waals surface area contributed by atoms with Gasteiger partial charge < -0.3 is 15.1 Å². The third kappa shape index (κ3) is 4.83. The normalized spacial score (nSPS) is 12.8. The van der Waals surface area contributed by atoms with Crippen molar-refractivity contribution in [2.75, 3.05) is 13.1 Å². The second-order valence-corrected chi connectivity index (χ2v) is 8.91. The number of nitrogens with zero attached hydrogens (tertiary/aromatic N) is 1. The van der Waals surface area contributed by atoms with E-state index in [-0.39, 0.29) is 23.5 Å². The van der Waals surface area contributed by atoms with Crippen LogP contribution in [0.4, 0.5) is 4.79 Å². The van der Waals surface area contributed by atoms with E-state index in [0.29, 0.717) is 18.8 Å². The molecule has 2 N–H and O–H groups in total. The predicted molar refractivity (Wildman–Crippen MR) is 117 cm³/mol. The molecule has 3 rings (SSSR count). The fraction of sp³-hybridized carbons (Fsp3) is 0.318. The number of furan rings is 1. The zero-order valence-electron chi connectivity index (χ0n) is 17.4. The average molecular weight is 430 g/mol. The van der Waals surface area contributed by atoms with Crippen LogP contribution < -0.4 is 10.6 Å². The number of sulfonamides is 1. The Labute approximate surface area is 177 Å². The van der Waals surface area contributed by atoms with E-state index in [1.165, 1.54) is 4.31 Å². The smallest absolute Gasteiger partial charge is 0.315 e. The van der Waals surface area contributed by atoms with Crippen LogP contribution in [-0.2, 0) is 16.6 Å². The van der Waals surface area contributed by atoms with Gasteiger partial charge in [-0.3, -0.25) is 0 Å². The lowest BCUT2D eigenvalue weighted by Gasteiger charge is -2.18. The highest BCUT2D eigenvalue weighted by atomic mass is 32.2. The number of nitrogens with one attached hydrogen (secondary N) is 2. The molecule has 0 aliphatic carbocycles. The number of rotatable bonds is 8. The molecule has 0 aliphatic heterocycles. The second kappa shape index (κ2) is 9.32. The molecule has 1 atom stereocenters. The van der Waals surface area contributed by atoms with Crippen LogP contribution in [0.25, 0.3) is 11.0 Å². The molecule has 0 bridgehead atoms. The van der Waals surface area contributed by atoms with Gasteiger partial charge in [0.2, 0.25) is 10.0 Å². The fourth-order valence-electron chi connectivity index (χ4n) is 3.21. The van der Waals surface area contributed by atoms with E-state index in [1.54, 1.807) is 24.3 Å². The standard InChI is InChI=1S/C22H27N3O4S/c1-4-25(5-2)30(27,28)19-12-10-17(11-13-19)15-23-22(26)24-16(3)21-14-18-8-6-7-9-20(18)29-21/h6-14,16H,4-5,15H2,1-3H3,(H2,23,24,26). The van der Waals surface area contributed by atoms with Gasteiger partial charge in [-0.15, -0.1) is 0 Å². The first-order valence-electron chi connectivity index (χ1n) is 9.97. The Hall–Kier alpha value is -2.84. The fourth-order valence-corrected chi connectivity index (χ4v) is 4.67. The number of benzene rings is 2. The number of hydrogen-bond donors (Lipinski definition) is 2. The van der Waals surface area contributed by atoms with Crippen molar-refractivity contribution in [1.29, 1.82) is 0 Å². The van der Waals surface area contributed by atoms with Crippen molar-refractivity contribution < 1.29 is 17.6 Å². The lowest BCUT2D eigenvalue weighted by atomic mass is 10.2. The van der Waals surface area contributed by atoms with E-state index in [4.69, 9.17) is 4.42 Å². The summed E-state index contributed by atoms with van der Waals surface area (Å²) in [4.78, 5) is 12.5. The van der Waals surface area contributed by atoms with E-state index in [0.717, 1.165) is 16.5 Å². The van der Waals surface area contributed by atoms with Gasteiger partial charge in [-0.1, -0.05) is 44.2 Å². The molecule has 0 spiro atoms. The maximum atomic E-state index is 12.5. The van der Waals surface area contributed by atoms with Crippen LogP contribution in [0, 0.1) is 0 Å². The molecule has 0 saturated carbocycles. The second-order valence-electron chi connectivity index (χ2n) is 6.97. The van der Waals surface area contributed by atoms with Gasteiger partial charge in [-0.05, 0) is 36.8 Å². The Balaban J connectivity index is 1.56. The Morgan fingerprint density at radius 3 is 2.37 bits per heavy atom. The van der Waals surface area contributed by atoms with Gasteiger partial charge in [0, 0.05) is 25.0 Å². The number of carbonyl (C=O) groups is 1. The number of hydrogen-bond acceptors (Lipinski definition) is 4. The van der Waals surface area contributed by atoms with Crippen LogP contribution >= 0.6 is 0 Å². The van der Waals surface area contributed by atoms with Gasteiger partial charge in [0.15, 0.2) is 0 Å². The molecule has 2 amide bonds. The molecule has 1 heterocycles. The SMILES string of the molecule is CCN(CC)S(=O)(=O)c1ccc(CNC(=O)NC(C)c2cc3ccccc3o2)cc1. The quantitative estimate of drug-likeness (QED) is 0.566. The van der Waals surface area contributed by atoms with Crippen molar-refractivity contribution in [3.63, 3.8) is 0 Å². The molecule has 8 heteroatoms. The Bertz CT molecular complexity index is 1070. The van der Waals surface area contributed by atoms with Crippen LogP contribution in [-0.4, -0.2) is 31.8 Å². The van der Waals surface area contributed by atoms with Crippen molar-refractivity contribution >= 4 is 27.0 Å². The van der Waals surface area contributed by atoms with E-state index >= 15 is 0 Å². The minimum atomic E-state index is -3.48. The molecule has 0 saturated heterocycles. The number of amides is 2. The maximum Gasteiger partial charge on any atom is 0.315 e. The summed E-state index contributed by atoms with van der Waals surface area (Å²) in [5.74, 6) is 0.678. The van der Waals surface area contributed by atoms with Crippen LogP contribution in [0.3, 0.4) is 0 Å². The summed E-state index contributed by atoms with van der Waals surface area (Å²) in [6.45, 7) is 6.60. The summed E-state index contributed by atoms with van der Waals surface area (Å²) >= 11 is 0. The number of urea groups is 1. The highest BCUT2D eigenvalue weighted by Crippen LogP contribution is 2.23. The number of fused-ring (bicyclic) bond motifs is 1. The molecule has 2 aromatic carbocycles. The van der Waals surface area contributed by atoms with Gasteiger partial charge in [0.25, 0.3) is 0 Å². The van der Waals surface area contributed by atoms with Crippen LogP contribution in [0.2, 0.25) is 0 Å². The van der Waals surface area contributed by atoms with Gasteiger partial charge in [0.1, 0.15) is 11.3 Å². The van der Waals surface area contributed by atoms with E-state index in [1.807, 2.05) is 51.1 Å². The number of carbonyl (C=O) groups excluding carboxylic acids is 1. The van der Waals surface area contributed by atoms with Crippen molar-refractivity contribution in [3.8, 4) is 0 Å². The zero-order valence-corrected chi connectivity index (χ0v) is 18.2. The predicted octanol–water partition coefficient (Wildman–Crippen LogP) is 4.02. The van der Waals surface area contributed by atoms with Crippen molar-refractivity contribution in [1.82, 2.24) is 14.9 Å². The van der Waals surface area contributed by atoms with Gasteiger partial charge in [-0.2, -0.15) is 4.31 Å². The molecule has 30 heavy (non-hydrogen) atoms. The summed E-state index contributed by atoms with van der Waals surface area (Å²) in [7, 11) is -3.48. The molecule has 160 valence electrons.